The number of hydrogen-bond acceptors (Lipinski definition) is 4. The predicted octanol–water partition coefficient (Wildman–Crippen LogP) is 4.42. The van der Waals surface area contributed by atoms with Crippen LogP contribution in [0.4, 0.5) is 11.4 Å². The van der Waals surface area contributed by atoms with E-state index in [0.717, 1.165) is 19.3 Å². The molecular weight excluding hydrogens is 308 g/mol. The van der Waals surface area contributed by atoms with E-state index in [0.29, 0.717) is 23.6 Å². The summed E-state index contributed by atoms with van der Waals surface area (Å²) in [6, 6.07) is 12.7. The number of ether oxygens (including phenoxy) is 1. The van der Waals surface area contributed by atoms with Gasteiger partial charge in [0.1, 0.15) is 5.75 Å². The number of hydrogen-bond donors (Lipinski definition) is 1. The molecule has 0 aliphatic heterocycles. The summed E-state index contributed by atoms with van der Waals surface area (Å²) in [7, 11) is 0. The minimum Gasteiger partial charge on any atom is -0.493 e. The van der Waals surface area contributed by atoms with Crippen LogP contribution < -0.4 is 10.1 Å². The molecule has 0 saturated carbocycles. The molecule has 2 rings (SSSR count). The maximum Gasteiger partial charge on any atom is 0.269 e. The van der Waals surface area contributed by atoms with E-state index >= 15 is 0 Å². The maximum absolute atomic E-state index is 12.4. The Balaban J connectivity index is 2.05. The van der Waals surface area contributed by atoms with Gasteiger partial charge < -0.3 is 10.1 Å². The number of carbonyl (C=O) groups is 1. The average Bonchev–Trinajstić information content (AvgIpc) is 2.59. The molecule has 1 N–H and O–H groups in total. The SMILES string of the molecule is CCCCCOc1ccccc1C(=O)Nc1ccc([N+](=O)[O-])cc1. The molecule has 0 aliphatic carbocycles. The third kappa shape index (κ3) is 4.81. The van der Waals surface area contributed by atoms with Gasteiger partial charge in [0, 0.05) is 17.8 Å². The van der Waals surface area contributed by atoms with Crippen LogP contribution >= 0.6 is 0 Å². The standard InChI is InChI=1S/C18H20N2O4/c1-2-3-6-13-24-17-8-5-4-7-16(17)18(21)19-14-9-11-15(12-10-14)20(22)23/h4-5,7-12H,2-3,6,13H2,1H3,(H,19,21). The fraction of sp³-hybridized carbons (Fsp3) is 0.278. The molecule has 0 heterocycles. The number of nitro groups is 1. The normalized spacial score (nSPS) is 10.2. The van der Waals surface area contributed by atoms with Crippen molar-refractivity contribution in [3.8, 4) is 5.75 Å². The van der Waals surface area contributed by atoms with Crippen LogP contribution in [0.15, 0.2) is 48.5 Å². The van der Waals surface area contributed by atoms with E-state index in [1.807, 2.05) is 6.07 Å². The molecule has 2 aromatic rings. The maximum atomic E-state index is 12.4. The molecule has 6 nitrogen and oxygen atoms in total. The van der Waals surface area contributed by atoms with Crippen molar-refractivity contribution in [2.45, 2.75) is 26.2 Å². The number of para-hydroxylation sites is 1. The average molecular weight is 328 g/mol. The van der Waals surface area contributed by atoms with Crippen molar-refractivity contribution in [3.05, 3.63) is 64.2 Å². The van der Waals surface area contributed by atoms with Gasteiger partial charge in [-0.2, -0.15) is 0 Å². The van der Waals surface area contributed by atoms with Crippen LogP contribution in [-0.4, -0.2) is 17.4 Å². The third-order valence-electron chi connectivity index (χ3n) is 3.47. The van der Waals surface area contributed by atoms with Crippen LogP contribution in [0.25, 0.3) is 0 Å². The third-order valence-corrected chi connectivity index (χ3v) is 3.47. The second-order valence-corrected chi connectivity index (χ2v) is 5.31. The largest absolute Gasteiger partial charge is 0.493 e. The molecule has 0 fully saturated rings. The first-order valence-corrected chi connectivity index (χ1v) is 7.89. The number of carbonyl (C=O) groups excluding carboxylic acids is 1. The second-order valence-electron chi connectivity index (χ2n) is 5.31. The first kappa shape index (κ1) is 17.5. The lowest BCUT2D eigenvalue weighted by Crippen LogP contribution is -2.14. The lowest BCUT2D eigenvalue weighted by Gasteiger charge is -2.11. The van der Waals surface area contributed by atoms with Crippen molar-refractivity contribution in [3.63, 3.8) is 0 Å². The molecule has 1 amide bonds. The Bertz CT molecular complexity index is 698. The summed E-state index contributed by atoms with van der Waals surface area (Å²) >= 11 is 0. The van der Waals surface area contributed by atoms with Crippen molar-refractivity contribution in [1.82, 2.24) is 0 Å². The van der Waals surface area contributed by atoms with E-state index in [9.17, 15) is 14.9 Å². The number of unbranched alkanes of at least 4 members (excludes halogenated alkanes) is 2. The van der Waals surface area contributed by atoms with Crippen molar-refractivity contribution in [1.29, 1.82) is 0 Å². The number of nitrogens with one attached hydrogen (secondary N) is 1. The summed E-state index contributed by atoms with van der Waals surface area (Å²) in [5, 5.41) is 13.4. The summed E-state index contributed by atoms with van der Waals surface area (Å²) in [4.78, 5) is 22.6. The zero-order valence-corrected chi connectivity index (χ0v) is 13.5. The van der Waals surface area contributed by atoms with E-state index in [-0.39, 0.29) is 11.6 Å². The highest BCUT2D eigenvalue weighted by molar-refractivity contribution is 6.06. The van der Waals surface area contributed by atoms with Gasteiger partial charge in [0.25, 0.3) is 11.6 Å². The Labute approximate surface area is 140 Å². The molecule has 0 bridgehead atoms. The lowest BCUT2D eigenvalue weighted by atomic mass is 10.1. The van der Waals surface area contributed by atoms with Crippen LogP contribution in [0.3, 0.4) is 0 Å². The first-order chi connectivity index (χ1) is 11.6. The smallest absolute Gasteiger partial charge is 0.269 e. The van der Waals surface area contributed by atoms with Crippen LogP contribution in [0.1, 0.15) is 36.5 Å². The molecule has 2 aromatic carbocycles. The minimum atomic E-state index is -0.481. The van der Waals surface area contributed by atoms with E-state index in [1.165, 1.54) is 24.3 Å². The van der Waals surface area contributed by atoms with Crippen LogP contribution in [-0.2, 0) is 0 Å². The highest BCUT2D eigenvalue weighted by Crippen LogP contribution is 2.21. The van der Waals surface area contributed by atoms with Crippen LogP contribution in [0.5, 0.6) is 5.75 Å². The lowest BCUT2D eigenvalue weighted by molar-refractivity contribution is -0.384. The van der Waals surface area contributed by atoms with Gasteiger partial charge in [0.15, 0.2) is 0 Å². The Kier molecular flexibility index (Phi) is 6.31. The summed E-state index contributed by atoms with van der Waals surface area (Å²) in [5.74, 6) is 0.225. The molecule has 0 aliphatic rings. The predicted molar refractivity (Wildman–Crippen MR) is 92.5 cm³/mol. The van der Waals surface area contributed by atoms with Crippen molar-refractivity contribution >= 4 is 17.3 Å². The topological polar surface area (TPSA) is 81.5 Å². The van der Waals surface area contributed by atoms with E-state index < -0.39 is 4.92 Å². The minimum absolute atomic E-state index is 0.0207. The number of benzene rings is 2. The summed E-state index contributed by atoms with van der Waals surface area (Å²) in [6.07, 6.45) is 3.12. The summed E-state index contributed by atoms with van der Waals surface area (Å²) in [6.45, 7) is 2.68. The van der Waals surface area contributed by atoms with Crippen molar-refractivity contribution in [2.24, 2.45) is 0 Å². The molecular formula is C18H20N2O4. The van der Waals surface area contributed by atoms with E-state index in [4.69, 9.17) is 4.74 Å². The zero-order valence-electron chi connectivity index (χ0n) is 13.5. The fourth-order valence-corrected chi connectivity index (χ4v) is 2.18. The van der Waals surface area contributed by atoms with Gasteiger partial charge >= 0.3 is 0 Å². The van der Waals surface area contributed by atoms with Gasteiger partial charge in [-0.05, 0) is 30.7 Å². The number of nitro benzene ring substituents is 1. The number of nitrogens with zero attached hydrogens (tertiary/aromatic N) is 1. The molecule has 6 heteroatoms. The highest BCUT2D eigenvalue weighted by Gasteiger charge is 2.13. The van der Waals surface area contributed by atoms with E-state index in [2.05, 4.69) is 12.2 Å². The summed E-state index contributed by atoms with van der Waals surface area (Å²) in [5.41, 5.74) is 0.909. The van der Waals surface area contributed by atoms with E-state index in [1.54, 1.807) is 18.2 Å². The molecule has 24 heavy (non-hydrogen) atoms. The fourth-order valence-electron chi connectivity index (χ4n) is 2.18. The number of rotatable bonds is 8. The Morgan fingerprint density at radius 1 is 1.12 bits per heavy atom. The van der Waals surface area contributed by atoms with Gasteiger partial charge in [-0.3, -0.25) is 14.9 Å². The van der Waals surface area contributed by atoms with Gasteiger partial charge in [0.05, 0.1) is 17.1 Å². The van der Waals surface area contributed by atoms with Gasteiger partial charge in [-0.15, -0.1) is 0 Å². The van der Waals surface area contributed by atoms with Gasteiger partial charge in [-0.25, -0.2) is 0 Å². The van der Waals surface area contributed by atoms with Crippen molar-refractivity contribution < 1.29 is 14.5 Å². The van der Waals surface area contributed by atoms with Crippen LogP contribution in [0, 0.1) is 10.1 Å². The monoisotopic (exact) mass is 328 g/mol. The molecule has 0 unspecified atom stereocenters. The molecule has 0 saturated heterocycles. The molecule has 0 radical (unpaired) electrons. The number of non-ortho nitro benzene ring substituents is 1. The summed E-state index contributed by atoms with van der Waals surface area (Å²) < 4.78 is 5.70. The molecule has 0 spiro atoms. The zero-order chi connectivity index (χ0) is 17.4. The Morgan fingerprint density at radius 2 is 1.83 bits per heavy atom. The molecule has 0 aromatic heterocycles. The number of amides is 1. The van der Waals surface area contributed by atoms with Crippen molar-refractivity contribution in [2.75, 3.05) is 11.9 Å². The molecule has 0 atom stereocenters. The quantitative estimate of drug-likeness (QED) is 0.442. The van der Waals surface area contributed by atoms with Gasteiger partial charge in [0.2, 0.25) is 0 Å². The highest BCUT2D eigenvalue weighted by atomic mass is 16.6. The Hall–Kier alpha value is -2.89. The Morgan fingerprint density at radius 3 is 2.50 bits per heavy atom. The number of anilines is 1. The first-order valence-electron chi connectivity index (χ1n) is 7.89. The van der Waals surface area contributed by atoms with Gasteiger partial charge in [-0.1, -0.05) is 31.9 Å². The second kappa shape index (κ2) is 8.67. The molecule has 126 valence electrons. The van der Waals surface area contributed by atoms with Crippen LogP contribution in [0.2, 0.25) is 0 Å².